The maximum atomic E-state index is 4.71. The lowest BCUT2D eigenvalue weighted by atomic mass is 9.95. The number of nitrogens with zero attached hydrogens (tertiary/aromatic N) is 3. The lowest BCUT2D eigenvalue weighted by Crippen LogP contribution is -2.43. The summed E-state index contributed by atoms with van der Waals surface area (Å²) in [5, 5.41) is 1.22. The van der Waals surface area contributed by atoms with E-state index >= 15 is 0 Å². The molecule has 128 valence electrons. The van der Waals surface area contributed by atoms with Gasteiger partial charge in [-0.2, -0.15) is 0 Å². The Morgan fingerprint density at radius 3 is 2.83 bits per heavy atom. The second-order valence-electron chi connectivity index (χ2n) is 7.48. The summed E-state index contributed by atoms with van der Waals surface area (Å²) in [5.41, 5.74) is 2.76. The van der Waals surface area contributed by atoms with Gasteiger partial charge in [-0.1, -0.05) is 18.6 Å². The lowest BCUT2D eigenvalue weighted by Gasteiger charge is -2.35. The van der Waals surface area contributed by atoms with Crippen molar-refractivity contribution >= 4 is 11.3 Å². The highest BCUT2D eigenvalue weighted by molar-refractivity contribution is 7.11. The molecule has 2 atom stereocenters. The zero-order chi connectivity index (χ0) is 16.4. The number of rotatable bonds is 5. The summed E-state index contributed by atoms with van der Waals surface area (Å²) >= 11 is 1.90. The molecule has 3 aliphatic heterocycles. The first kappa shape index (κ1) is 17.1. The molecule has 0 aliphatic carbocycles. The summed E-state index contributed by atoms with van der Waals surface area (Å²) < 4.78 is 0. The van der Waals surface area contributed by atoms with Crippen molar-refractivity contribution in [3.63, 3.8) is 0 Å². The number of allylic oxidation sites excluding steroid dienone is 1. The molecular weight excluding hydrogens is 302 g/mol. The van der Waals surface area contributed by atoms with E-state index in [4.69, 9.17) is 4.98 Å². The summed E-state index contributed by atoms with van der Waals surface area (Å²) in [4.78, 5) is 11.6. The molecule has 3 nitrogen and oxygen atoms in total. The van der Waals surface area contributed by atoms with E-state index in [2.05, 4.69) is 43.6 Å². The summed E-state index contributed by atoms with van der Waals surface area (Å²) in [5.74, 6) is 0.846. The maximum absolute atomic E-state index is 4.71. The molecule has 4 rings (SSSR count). The van der Waals surface area contributed by atoms with Gasteiger partial charge in [0.05, 0.1) is 10.7 Å². The second-order valence-corrected chi connectivity index (χ2v) is 8.77. The van der Waals surface area contributed by atoms with Gasteiger partial charge < -0.3 is 0 Å². The van der Waals surface area contributed by atoms with E-state index in [1.165, 1.54) is 53.6 Å². The molecule has 0 aromatic carbocycles. The summed E-state index contributed by atoms with van der Waals surface area (Å²) in [6.45, 7) is 14.8. The Balaban J connectivity index is 1.68. The van der Waals surface area contributed by atoms with E-state index in [0.717, 1.165) is 31.5 Å². The van der Waals surface area contributed by atoms with Gasteiger partial charge >= 0.3 is 0 Å². The normalized spacial score (nSPS) is 25.6. The van der Waals surface area contributed by atoms with E-state index in [1.54, 1.807) is 0 Å². The van der Waals surface area contributed by atoms with E-state index in [1.807, 2.05) is 11.3 Å². The van der Waals surface area contributed by atoms with E-state index < -0.39 is 0 Å². The van der Waals surface area contributed by atoms with Gasteiger partial charge in [0.1, 0.15) is 0 Å². The van der Waals surface area contributed by atoms with E-state index in [-0.39, 0.29) is 0 Å². The van der Waals surface area contributed by atoms with Crippen LogP contribution in [0.2, 0.25) is 0 Å². The topological polar surface area (TPSA) is 19.4 Å². The SMILES string of the molecule is CCc1nc(C)sc1CN1C[C@H]2CC[C@@H](C1)N(CC=C(C)C)C2. The van der Waals surface area contributed by atoms with Crippen molar-refractivity contribution in [2.45, 2.75) is 59.5 Å². The molecule has 1 aromatic heterocycles. The van der Waals surface area contributed by atoms with Crippen LogP contribution in [0.1, 0.15) is 49.2 Å². The first-order valence-electron chi connectivity index (χ1n) is 9.10. The highest BCUT2D eigenvalue weighted by Gasteiger charge is 2.34. The zero-order valence-electron chi connectivity index (χ0n) is 15.1. The van der Waals surface area contributed by atoms with Crippen molar-refractivity contribution in [3.8, 4) is 0 Å². The fourth-order valence-corrected chi connectivity index (χ4v) is 5.11. The van der Waals surface area contributed by atoms with Gasteiger partial charge in [-0.15, -0.1) is 11.3 Å². The number of fused-ring (bicyclic) bond motifs is 4. The number of thiazole rings is 1. The minimum Gasteiger partial charge on any atom is -0.296 e. The minimum absolute atomic E-state index is 0.739. The predicted molar refractivity (Wildman–Crippen MR) is 99.0 cm³/mol. The largest absolute Gasteiger partial charge is 0.296 e. The fraction of sp³-hybridized carbons (Fsp3) is 0.737. The van der Waals surface area contributed by atoms with Crippen molar-refractivity contribution in [1.29, 1.82) is 0 Å². The molecule has 0 spiro atoms. The van der Waals surface area contributed by atoms with Crippen LogP contribution < -0.4 is 0 Å². The van der Waals surface area contributed by atoms with Crippen LogP contribution in [0.5, 0.6) is 0 Å². The van der Waals surface area contributed by atoms with Crippen LogP contribution in [0, 0.1) is 12.8 Å². The van der Waals surface area contributed by atoms with Crippen LogP contribution >= 0.6 is 11.3 Å². The Bertz CT molecular complexity index is 559. The van der Waals surface area contributed by atoms with Gasteiger partial charge in [0, 0.05) is 43.6 Å². The number of aromatic nitrogens is 1. The van der Waals surface area contributed by atoms with Crippen molar-refractivity contribution in [3.05, 3.63) is 27.2 Å². The fourth-order valence-electron chi connectivity index (χ4n) is 4.04. The Kier molecular flexibility index (Phi) is 5.55. The smallest absolute Gasteiger partial charge is 0.0900 e. The zero-order valence-corrected chi connectivity index (χ0v) is 16.0. The Morgan fingerprint density at radius 2 is 2.09 bits per heavy atom. The highest BCUT2D eigenvalue weighted by atomic mass is 32.1. The number of hydrogen-bond donors (Lipinski definition) is 0. The molecule has 1 aromatic rings. The van der Waals surface area contributed by atoms with E-state index in [9.17, 15) is 0 Å². The molecular formula is C19H31N3S. The van der Waals surface area contributed by atoms with Crippen molar-refractivity contribution < 1.29 is 0 Å². The Hall–Kier alpha value is -0.710. The Labute approximate surface area is 145 Å². The lowest BCUT2D eigenvalue weighted by molar-refractivity contribution is 0.146. The average molecular weight is 334 g/mol. The van der Waals surface area contributed by atoms with Crippen molar-refractivity contribution in [2.75, 3.05) is 26.2 Å². The first-order valence-corrected chi connectivity index (χ1v) is 9.91. The standard InChI is InChI=1S/C19H31N3S/c1-5-18-19(23-15(4)20-18)13-21-10-16-6-7-17(12-21)22(11-16)9-8-14(2)3/h8,16-17H,5-7,9-13H2,1-4H3/t16-,17+/m1/s1. The second kappa shape index (κ2) is 7.45. The Morgan fingerprint density at radius 1 is 1.26 bits per heavy atom. The molecule has 0 N–H and O–H groups in total. The molecule has 0 amide bonds. The van der Waals surface area contributed by atoms with Crippen LogP contribution in [0.25, 0.3) is 0 Å². The number of aryl methyl sites for hydroxylation is 2. The molecule has 3 fully saturated rings. The molecule has 23 heavy (non-hydrogen) atoms. The van der Waals surface area contributed by atoms with Gasteiger partial charge in [-0.05, 0) is 46.0 Å². The molecule has 4 heterocycles. The number of hydrogen-bond acceptors (Lipinski definition) is 4. The molecule has 2 bridgehead atoms. The molecule has 0 unspecified atom stereocenters. The van der Waals surface area contributed by atoms with Gasteiger partial charge in [0.2, 0.25) is 0 Å². The van der Waals surface area contributed by atoms with Gasteiger partial charge in [0.15, 0.2) is 0 Å². The third-order valence-corrected chi connectivity index (χ3v) is 6.22. The van der Waals surface area contributed by atoms with Gasteiger partial charge in [-0.25, -0.2) is 4.98 Å². The minimum atomic E-state index is 0.739. The van der Waals surface area contributed by atoms with Gasteiger partial charge in [0.25, 0.3) is 0 Å². The highest BCUT2D eigenvalue weighted by Crippen LogP contribution is 2.30. The van der Waals surface area contributed by atoms with Crippen LogP contribution in [0.15, 0.2) is 11.6 Å². The molecule has 0 saturated carbocycles. The quantitative estimate of drug-likeness (QED) is 0.762. The van der Waals surface area contributed by atoms with Crippen LogP contribution in [0.3, 0.4) is 0 Å². The molecule has 0 radical (unpaired) electrons. The predicted octanol–water partition coefficient (Wildman–Crippen LogP) is 3.88. The third-order valence-electron chi connectivity index (χ3n) is 5.22. The first-order chi connectivity index (χ1) is 11.0. The number of piperidine rings is 1. The summed E-state index contributed by atoms with van der Waals surface area (Å²) in [6.07, 6.45) is 6.24. The van der Waals surface area contributed by atoms with Crippen molar-refractivity contribution in [1.82, 2.24) is 14.8 Å². The summed E-state index contributed by atoms with van der Waals surface area (Å²) in [7, 11) is 0. The maximum Gasteiger partial charge on any atom is 0.0900 e. The van der Waals surface area contributed by atoms with E-state index in [0.29, 0.717) is 0 Å². The van der Waals surface area contributed by atoms with Crippen LogP contribution in [-0.4, -0.2) is 47.0 Å². The molecule has 3 aliphatic rings. The van der Waals surface area contributed by atoms with Gasteiger partial charge in [-0.3, -0.25) is 9.80 Å². The monoisotopic (exact) mass is 333 g/mol. The summed E-state index contributed by atoms with van der Waals surface area (Å²) in [6, 6.07) is 0.739. The average Bonchev–Trinajstić information content (AvgIpc) is 2.67. The molecule has 3 saturated heterocycles. The van der Waals surface area contributed by atoms with Crippen LogP contribution in [0.4, 0.5) is 0 Å². The van der Waals surface area contributed by atoms with Crippen molar-refractivity contribution in [2.24, 2.45) is 5.92 Å². The third kappa shape index (κ3) is 4.23. The molecule has 4 heteroatoms. The van der Waals surface area contributed by atoms with Crippen LogP contribution in [-0.2, 0) is 13.0 Å².